The lowest BCUT2D eigenvalue weighted by Gasteiger charge is -2.39. The van der Waals surface area contributed by atoms with Crippen LogP contribution in [0.25, 0.3) is 10.9 Å². The van der Waals surface area contributed by atoms with Gasteiger partial charge in [0.05, 0.1) is 6.33 Å². The maximum atomic E-state index is 11.5. The molecule has 0 saturated carbocycles. The third-order valence-electron chi connectivity index (χ3n) is 6.27. The minimum atomic E-state index is -2.01. The van der Waals surface area contributed by atoms with Gasteiger partial charge in [-0.15, -0.1) is 0 Å². The fourth-order valence-corrected chi connectivity index (χ4v) is 4.75. The molecule has 30 heavy (non-hydrogen) atoms. The Hall–Kier alpha value is -2.38. The van der Waals surface area contributed by atoms with E-state index in [-0.39, 0.29) is 17.0 Å². The molecule has 0 aliphatic rings. The first-order valence-electron chi connectivity index (χ1n) is 10.6. The molecule has 0 radical (unpaired) electrons. The van der Waals surface area contributed by atoms with E-state index in [1.807, 2.05) is 4.57 Å². The third kappa shape index (κ3) is 4.68. The molecule has 0 fully saturated rings. The summed E-state index contributed by atoms with van der Waals surface area (Å²) in [7, 11) is -2.01. The van der Waals surface area contributed by atoms with Gasteiger partial charge in [0.2, 0.25) is 0 Å². The zero-order valence-electron chi connectivity index (χ0n) is 19.0. The van der Waals surface area contributed by atoms with Gasteiger partial charge in [0.25, 0.3) is 5.91 Å². The molecule has 0 aliphatic carbocycles. The van der Waals surface area contributed by atoms with Gasteiger partial charge in [-0.25, -0.2) is 4.98 Å². The largest absolute Gasteiger partial charge is 0.397 e. The van der Waals surface area contributed by atoms with Crippen molar-refractivity contribution in [2.45, 2.75) is 71.4 Å². The van der Waals surface area contributed by atoms with Gasteiger partial charge in [-0.1, -0.05) is 39.0 Å². The van der Waals surface area contributed by atoms with Crippen LogP contribution in [0.4, 0.5) is 0 Å². The fraction of sp³-hybridized carbons (Fsp3) is 0.478. The van der Waals surface area contributed by atoms with Crippen LogP contribution in [0.5, 0.6) is 0 Å². The first kappa shape index (κ1) is 22.3. The molecule has 7 heteroatoms. The molecular formula is C23H34N4O2Si. The summed E-state index contributed by atoms with van der Waals surface area (Å²) < 4.78 is 11.0. The van der Waals surface area contributed by atoms with E-state index in [0.29, 0.717) is 0 Å². The number of rotatable bonds is 8. The SMILES string of the molecule is Cc1cc2ccccc2n1CCC[C@@H](O[Si](C)(C)C(C)(C)C)n1cnc(C(N)=O)c1. The normalized spacial score (nSPS) is 13.7. The molecular weight excluding hydrogens is 392 g/mol. The van der Waals surface area contributed by atoms with Crippen LogP contribution < -0.4 is 5.73 Å². The van der Waals surface area contributed by atoms with E-state index in [1.165, 1.54) is 16.6 Å². The van der Waals surface area contributed by atoms with Crippen LogP contribution in [0.15, 0.2) is 42.9 Å². The first-order chi connectivity index (χ1) is 14.0. The number of para-hydroxylation sites is 1. The molecule has 3 rings (SSSR count). The van der Waals surface area contributed by atoms with Crippen LogP contribution in [0, 0.1) is 6.92 Å². The Morgan fingerprint density at radius 2 is 1.97 bits per heavy atom. The number of carbonyl (C=O) groups excluding carboxylic acids is 1. The molecule has 1 atom stereocenters. The molecule has 0 unspecified atom stereocenters. The average Bonchev–Trinajstić information content (AvgIpc) is 3.25. The van der Waals surface area contributed by atoms with Gasteiger partial charge in [-0.3, -0.25) is 4.79 Å². The highest BCUT2D eigenvalue weighted by atomic mass is 28.4. The lowest BCUT2D eigenvalue weighted by Crippen LogP contribution is -2.42. The van der Waals surface area contributed by atoms with E-state index in [2.05, 4.69) is 80.7 Å². The van der Waals surface area contributed by atoms with Gasteiger partial charge >= 0.3 is 0 Å². The zero-order chi connectivity index (χ0) is 22.1. The summed E-state index contributed by atoms with van der Waals surface area (Å²) in [5.41, 5.74) is 8.20. The van der Waals surface area contributed by atoms with Crippen molar-refractivity contribution in [1.82, 2.24) is 14.1 Å². The Balaban J connectivity index is 1.79. The fourth-order valence-electron chi connectivity index (χ4n) is 3.48. The van der Waals surface area contributed by atoms with Crippen LogP contribution in [-0.4, -0.2) is 28.3 Å². The van der Waals surface area contributed by atoms with E-state index in [1.54, 1.807) is 12.5 Å². The number of primary amides is 1. The summed E-state index contributed by atoms with van der Waals surface area (Å²) >= 11 is 0. The van der Waals surface area contributed by atoms with Crippen molar-refractivity contribution in [3.63, 3.8) is 0 Å². The molecule has 162 valence electrons. The van der Waals surface area contributed by atoms with Crippen molar-refractivity contribution in [2.24, 2.45) is 5.73 Å². The molecule has 0 aliphatic heterocycles. The smallest absolute Gasteiger partial charge is 0.268 e. The van der Waals surface area contributed by atoms with E-state index in [0.717, 1.165) is 19.4 Å². The number of nitrogens with two attached hydrogens (primary N) is 1. The van der Waals surface area contributed by atoms with Gasteiger partial charge in [0.15, 0.2) is 8.32 Å². The summed E-state index contributed by atoms with van der Waals surface area (Å²) in [6.07, 6.45) is 4.97. The van der Waals surface area contributed by atoms with Gasteiger partial charge in [-0.2, -0.15) is 0 Å². The summed E-state index contributed by atoms with van der Waals surface area (Å²) in [5, 5.41) is 1.36. The highest BCUT2D eigenvalue weighted by molar-refractivity contribution is 6.74. The number of nitrogens with zero attached hydrogens (tertiary/aromatic N) is 3. The van der Waals surface area contributed by atoms with E-state index in [9.17, 15) is 4.79 Å². The molecule has 6 nitrogen and oxygen atoms in total. The standard InChI is InChI=1S/C23H34N4O2Si/c1-17-14-18-10-7-8-11-20(18)27(17)13-9-12-21(29-30(5,6)23(2,3)4)26-15-19(22(24)28)25-16-26/h7-8,10-11,14-16,21H,9,12-13H2,1-6H3,(H2,24,28)/t21-/m1/s1. The third-order valence-corrected chi connectivity index (χ3v) is 10.7. The van der Waals surface area contributed by atoms with Crippen LogP contribution in [0.1, 0.15) is 56.0 Å². The van der Waals surface area contributed by atoms with Crippen molar-refractivity contribution in [3.8, 4) is 0 Å². The number of aromatic nitrogens is 3. The van der Waals surface area contributed by atoms with E-state index >= 15 is 0 Å². The summed E-state index contributed by atoms with van der Waals surface area (Å²) in [5.74, 6) is -0.519. The van der Waals surface area contributed by atoms with Crippen molar-refractivity contribution in [1.29, 1.82) is 0 Å². The second-order valence-electron chi connectivity index (χ2n) is 9.54. The number of hydrogen-bond acceptors (Lipinski definition) is 3. The minimum absolute atomic E-state index is 0.0889. The van der Waals surface area contributed by atoms with Gasteiger partial charge in [-0.05, 0) is 55.4 Å². The van der Waals surface area contributed by atoms with Crippen LogP contribution in [-0.2, 0) is 11.0 Å². The Kier molecular flexibility index (Phi) is 6.24. The monoisotopic (exact) mass is 426 g/mol. The molecule has 0 saturated heterocycles. The molecule has 0 bridgehead atoms. The van der Waals surface area contributed by atoms with Crippen LogP contribution in [0.2, 0.25) is 18.1 Å². The van der Waals surface area contributed by atoms with Crippen molar-refractivity contribution in [2.75, 3.05) is 0 Å². The summed E-state index contributed by atoms with van der Waals surface area (Å²) in [4.78, 5) is 15.7. The van der Waals surface area contributed by atoms with E-state index < -0.39 is 14.2 Å². The highest BCUT2D eigenvalue weighted by Gasteiger charge is 2.39. The lowest BCUT2D eigenvalue weighted by molar-refractivity contribution is 0.0984. The number of carbonyl (C=O) groups is 1. The Morgan fingerprint density at radius 1 is 1.27 bits per heavy atom. The second-order valence-corrected chi connectivity index (χ2v) is 14.3. The number of amides is 1. The maximum absolute atomic E-state index is 11.5. The van der Waals surface area contributed by atoms with Crippen LogP contribution >= 0.6 is 0 Å². The van der Waals surface area contributed by atoms with Gasteiger partial charge in [0.1, 0.15) is 11.9 Å². The number of benzene rings is 1. The summed E-state index contributed by atoms with van der Waals surface area (Å²) in [6.45, 7) is 14.2. The Labute approximate surface area is 180 Å². The molecule has 2 aromatic heterocycles. The predicted octanol–water partition coefficient (Wildman–Crippen LogP) is 5.25. The number of aryl methyl sites for hydroxylation is 2. The van der Waals surface area contributed by atoms with Gasteiger partial charge < -0.3 is 19.3 Å². The van der Waals surface area contributed by atoms with Crippen LogP contribution in [0.3, 0.4) is 0 Å². The van der Waals surface area contributed by atoms with Gasteiger partial charge in [0, 0.05) is 24.0 Å². The molecule has 2 N–H and O–H groups in total. The van der Waals surface area contributed by atoms with Crippen molar-refractivity contribution in [3.05, 3.63) is 54.2 Å². The average molecular weight is 427 g/mol. The minimum Gasteiger partial charge on any atom is -0.397 e. The molecule has 3 aromatic rings. The zero-order valence-corrected chi connectivity index (χ0v) is 20.0. The molecule has 1 aromatic carbocycles. The number of hydrogen-bond donors (Lipinski definition) is 1. The number of fused-ring (bicyclic) bond motifs is 1. The highest BCUT2D eigenvalue weighted by Crippen LogP contribution is 2.39. The molecule has 2 heterocycles. The quantitative estimate of drug-likeness (QED) is 0.500. The topological polar surface area (TPSA) is 75.1 Å². The second kappa shape index (κ2) is 8.39. The first-order valence-corrected chi connectivity index (χ1v) is 13.5. The van der Waals surface area contributed by atoms with E-state index in [4.69, 9.17) is 10.2 Å². The predicted molar refractivity (Wildman–Crippen MR) is 124 cm³/mol. The Morgan fingerprint density at radius 3 is 2.60 bits per heavy atom. The lowest BCUT2D eigenvalue weighted by atomic mass is 10.2. The van der Waals surface area contributed by atoms with Crippen molar-refractivity contribution < 1.29 is 9.22 Å². The molecule has 0 spiro atoms. The summed E-state index contributed by atoms with van der Waals surface area (Å²) in [6, 6.07) is 10.7. The Bertz CT molecular complexity index is 1030. The number of imidazole rings is 1. The molecule has 1 amide bonds. The maximum Gasteiger partial charge on any atom is 0.268 e. The van der Waals surface area contributed by atoms with Crippen molar-refractivity contribution >= 4 is 25.1 Å².